The number of ether oxygens (including phenoxy) is 1. The molecule has 6 heteroatoms. The second kappa shape index (κ2) is 6.56. The van der Waals surface area contributed by atoms with Crippen LogP contribution in [0.15, 0.2) is 23.0 Å². The quantitative estimate of drug-likeness (QED) is 0.887. The van der Waals surface area contributed by atoms with Crippen LogP contribution >= 0.6 is 11.3 Å². The van der Waals surface area contributed by atoms with Gasteiger partial charge in [0.05, 0.1) is 30.0 Å². The topological polar surface area (TPSA) is 64.3 Å². The van der Waals surface area contributed by atoms with Gasteiger partial charge in [-0.25, -0.2) is 4.98 Å². The number of anilines is 2. The van der Waals surface area contributed by atoms with E-state index in [9.17, 15) is 0 Å². The smallest absolute Gasteiger partial charge is 0.239 e. The van der Waals surface area contributed by atoms with Crippen molar-refractivity contribution in [3.63, 3.8) is 0 Å². The minimum atomic E-state index is 0.438. The Kier molecular flexibility index (Phi) is 4.79. The highest BCUT2D eigenvalue weighted by atomic mass is 32.1. The lowest BCUT2D eigenvalue weighted by molar-refractivity contribution is 0.263. The van der Waals surface area contributed by atoms with Gasteiger partial charge in [-0.1, -0.05) is 13.8 Å². The summed E-state index contributed by atoms with van der Waals surface area (Å²) in [6, 6.07) is 3.72. The monoisotopic (exact) mass is 292 g/mol. The Labute approximate surface area is 123 Å². The average Bonchev–Trinajstić information content (AvgIpc) is 2.90. The van der Waals surface area contributed by atoms with Crippen molar-refractivity contribution < 1.29 is 4.74 Å². The van der Waals surface area contributed by atoms with E-state index in [0.29, 0.717) is 30.6 Å². The summed E-state index contributed by atoms with van der Waals surface area (Å²) in [5.74, 6) is 1.76. The summed E-state index contributed by atoms with van der Waals surface area (Å²) in [5.41, 5.74) is 9.32. The van der Waals surface area contributed by atoms with Gasteiger partial charge in [0, 0.05) is 12.4 Å². The van der Waals surface area contributed by atoms with Crippen LogP contribution in [0.4, 0.5) is 11.5 Å². The van der Waals surface area contributed by atoms with E-state index in [1.54, 1.807) is 11.3 Å². The van der Waals surface area contributed by atoms with E-state index < -0.39 is 0 Å². The van der Waals surface area contributed by atoms with E-state index in [-0.39, 0.29) is 0 Å². The Morgan fingerprint density at radius 3 is 2.85 bits per heavy atom. The molecule has 0 saturated heterocycles. The van der Waals surface area contributed by atoms with Crippen molar-refractivity contribution in [3.05, 3.63) is 28.7 Å². The van der Waals surface area contributed by atoms with Crippen LogP contribution in [0.25, 0.3) is 0 Å². The molecule has 0 aliphatic heterocycles. The van der Waals surface area contributed by atoms with Gasteiger partial charge in [-0.2, -0.15) is 4.98 Å². The van der Waals surface area contributed by atoms with Crippen LogP contribution in [0.3, 0.4) is 0 Å². The van der Waals surface area contributed by atoms with Gasteiger partial charge < -0.3 is 15.4 Å². The number of rotatable bonds is 6. The summed E-state index contributed by atoms with van der Waals surface area (Å²) >= 11 is 1.59. The maximum atomic E-state index is 5.90. The van der Waals surface area contributed by atoms with Gasteiger partial charge in [0.25, 0.3) is 0 Å². The molecule has 0 atom stereocenters. The molecule has 0 bridgehead atoms. The van der Waals surface area contributed by atoms with E-state index in [2.05, 4.69) is 23.8 Å². The number of pyridine rings is 1. The van der Waals surface area contributed by atoms with Gasteiger partial charge in [0.15, 0.2) is 0 Å². The van der Waals surface area contributed by atoms with E-state index in [4.69, 9.17) is 10.5 Å². The molecule has 0 aromatic carbocycles. The first kappa shape index (κ1) is 14.6. The van der Waals surface area contributed by atoms with Crippen molar-refractivity contribution in [1.82, 2.24) is 9.97 Å². The number of hydrogen-bond acceptors (Lipinski definition) is 6. The fraction of sp³-hybridized carbons (Fsp3) is 0.429. The normalized spacial score (nSPS) is 10.8. The lowest BCUT2D eigenvalue weighted by Crippen LogP contribution is -2.18. The fourth-order valence-electron chi connectivity index (χ4n) is 1.65. The molecule has 2 rings (SSSR count). The predicted molar refractivity (Wildman–Crippen MR) is 83.2 cm³/mol. The van der Waals surface area contributed by atoms with Gasteiger partial charge in [-0.05, 0) is 18.1 Å². The first-order valence-corrected chi connectivity index (χ1v) is 7.48. The van der Waals surface area contributed by atoms with Crippen molar-refractivity contribution in [2.24, 2.45) is 5.92 Å². The number of aromatic nitrogens is 2. The molecule has 20 heavy (non-hydrogen) atoms. The average molecular weight is 292 g/mol. The summed E-state index contributed by atoms with van der Waals surface area (Å²) < 4.78 is 5.65. The molecular weight excluding hydrogens is 272 g/mol. The van der Waals surface area contributed by atoms with Gasteiger partial charge in [0.1, 0.15) is 5.82 Å². The van der Waals surface area contributed by atoms with Gasteiger partial charge in [-0.15, -0.1) is 11.3 Å². The largest absolute Gasteiger partial charge is 0.476 e. The fourth-order valence-corrected chi connectivity index (χ4v) is 2.20. The van der Waals surface area contributed by atoms with Crippen LogP contribution in [0.1, 0.15) is 19.5 Å². The minimum Gasteiger partial charge on any atom is -0.476 e. The Morgan fingerprint density at radius 2 is 2.20 bits per heavy atom. The Balaban J connectivity index is 2.09. The third-order valence-corrected chi connectivity index (χ3v) is 3.34. The Morgan fingerprint density at radius 1 is 1.40 bits per heavy atom. The van der Waals surface area contributed by atoms with Crippen LogP contribution in [0, 0.1) is 5.92 Å². The summed E-state index contributed by atoms with van der Waals surface area (Å²) in [4.78, 5) is 10.8. The zero-order chi connectivity index (χ0) is 14.5. The molecule has 2 heterocycles. The maximum Gasteiger partial charge on any atom is 0.239 e. The number of thiazole rings is 1. The molecule has 0 aliphatic carbocycles. The molecule has 2 aromatic heterocycles. The molecule has 0 spiro atoms. The highest BCUT2D eigenvalue weighted by molar-refractivity contribution is 7.07. The van der Waals surface area contributed by atoms with Crippen LogP contribution in [-0.4, -0.2) is 23.6 Å². The third kappa shape index (κ3) is 3.84. The summed E-state index contributed by atoms with van der Waals surface area (Å²) in [5, 5.41) is 2.03. The summed E-state index contributed by atoms with van der Waals surface area (Å²) in [7, 11) is 1.98. The van der Waals surface area contributed by atoms with Gasteiger partial charge in [-0.3, -0.25) is 0 Å². The second-order valence-corrected chi connectivity index (χ2v) is 5.82. The molecule has 0 amide bonds. The van der Waals surface area contributed by atoms with Crippen LogP contribution in [-0.2, 0) is 6.54 Å². The van der Waals surface area contributed by atoms with Crippen molar-refractivity contribution >= 4 is 22.8 Å². The number of nitrogens with zero attached hydrogens (tertiary/aromatic N) is 3. The first-order chi connectivity index (χ1) is 9.56. The van der Waals surface area contributed by atoms with Crippen molar-refractivity contribution in [2.75, 3.05) is 24.3 Å². The second-order valence-electron chi connectivity index (χ2n) is 5.10. The molecule has 108 valence electrons. The maximum absolute atomic E-state index is 5.90. The lowest BCUT2D eigenvalue weighted by atomic mass is 10.2. The Bertz CT molecular complexity index is 542. The van der Waals surface area contributed by atoms with E-state index in [0.717, 1.165) is 11.5 Å². The highest BCUT2D eigenvalue weighted by Gasteiger charge is 2.10. The molecule has 0 radical (unpaired) electrons. The van der Waals surface area contributed by atoms with Crippen LogP contribution in [0.2, 0.25) is 0 Å². The van der Waals surface area contributed by atoms with E-state index in [1.807, 2.05) is 35.0 Å². The van der Waals surface area contributed by atoms with Crippen LogP contribution in [0.5, 0.6) is 5.88 Å². The molecular formula is C14H20N4OS. The third-order valence-electron chi connectivity index (χ3n) is 2.70. The molecule has 0 saturated carbocycles. The lowest BCUT2D eigenvalue weighted by Gasteiger charge is -2.18. The molecule has 0 fully saturated rings. The predicted octanol–water partition coefficient (Wildman–Crippen LogP) is 2.79. The minimum absolute atomic E-state index is 0.438. The first-order valence-electron chi connectivity index (χ1n) is 6.53. The molecule has 2 aromatic rings. The summed E-state index contributed by atoms with van der Waals surface area (Å²) in [6.07, 6.45) is 0. The van der Waals surface area contributed by atoms with Crippen molar-refractivity contribution in [2.45, 2.75) is 20.4 Å². The molecule has 0 aliphatic rings. The number of hydrogen-bond donors (Lipinski definition) is 1. The van der Waals surface area contributed by atoms with E-state index >= 15 is 0 Å². The molecule has 2 N–H and O–H groups in total. The zero-order valence-electron chi connectivity index (χ0n) is 12.0. The van der Waals surface area contributed by atoms with Crippen molar-refractivity contribution in [3.8, 4) is 5.88 Å². The number of nitrogens with two attached hydrogens (primary N) is 1. The molecule has 5 nitrogen and oxygen atoms in total. The number of nitrogen functional groups attached to an aromatic ring is 1. The van der Waals surface area contributed by atoms with Gasteiger partial charge in [0.2, 0.25) is 5.88 Å². The molecule has 0 unspecified atom stereocenters. The summed E-state index contributed by atoms with van der Waals surface area (Å²) in [6.45, 7) is 5.50. The highest BCUT2D eigenvalue weighted by Crippen LogP contribution is 2.23. The SMILES string of the molecule is CC(C)COc1nc(N(C)Cc2cscn2)ccc1N. The zero-order valence-corrected chi connectivity index (χ0v) is 12.9. The van der Waals surface area contributed by atoms with E-state index in [1.165, 1.54) is 0 Å². The Hall–Kier alpha value is -1.82. The standard InChI is InChI=1S/C14H20N4OS/c1-10(2)7-19-14-12(15)4-5-13(17-14)18(3)6-11-8-20-9-16-11/h4-5,8-10H,6-7,15H2,1-3H3. The van der Waals surface area contributed by atoms with Crippen molar-refractivity contribution in [1.29, 1.82) is 0 Å². The van der Waals surface area contributed by atoms with Crippen LogP contribution < -0.4 is 15.4 Å². The van der Waals surface area contributed by atoms with Gasteiger partial charge >= 0.3 is 0 Å².